The van der Waals surface area contributed by atoms with Crippen LogP contribution in [0.4, 0.5) is 0 Å². The average Bonchev–Trinajstić information content (AvgIpc) is 3.15. The fraction of sp³-hybridized carbons (Fsp3) is 0.500. The molecule has 1 aliphatic rings. The molecule has 0 radical (unpaired) electrons. The summed E-state index contributed by atoms with van der Waals surface area (Å²) in [7, 11) is 0. The third kappa shape index (κ3) is 4.55. The zero-order valence-electron chi connectivity index (χ0n) is 18.2. The molecule has 1 aromatic heterocycles. The highest BCUT2D eigenvalue weighted by atomic mass is 32.1. The van der Waals surface area contributed by atoms with E-state index >= 15 is 0 Å². The number of carbonyl (C=O) groups is 2. The first-order valence-electron chi connectivity index (χ1n) is 10.4. The van der Waals surface area contributed by atoms with Gasteiger partial charge in [0.15, 0.2) is 0 Å². The SMILES string of the molecule is CCCN(CC(=O)N1CCc2sccc2[C@H]1c1ccccc1C)C(=O)C(C)(C)C. The lowest BCUT2D eigenvalue weighted by atomic mass is 9.90. The minimum Gasteiger partial charge on any atom is -0.333 e. The van der Waals surface area contributed by atoms with Gasteiger partial charge in [-0.3, -0.25) is 9.59 Å². The molecule has 2 amide bonds. The molecule has 2 heterocycles. The standard InChI is InChI=1S/C24H32N2O2S/c1-6-13-25(23(28)24(3,4)5)16-21(27)26-14-11-20-19(12-15-29-20)22(26)18-10-8-7-9-17(18)2/h7-10,12,15,22H,6,11,13-14,16H2,1-5H3/t22-/m1/s1. The number of carbonyl (C=O) groups excluding carboxylic acids is 2. The van der Waals surface area contributed by atoms with Gasteiger partial charge in [-0.05, 0) is 47.9 Å². The van der Waals surface area contributed by atoms with Crippen molar-refractivity contribution in [1.29, 1.82) is 0 Å². The van der Waals surface area contributed by atoms with E-state index in [9.17, 15) is 9.59 Å². The summed E-state index contributed by atoms with van der Waals surface area (Å²) in [5, 5.41) is 2.12. The maximum atomic E-state index is 13.5. The van der Waals surface area contributed by atoms with E-state index in [0.717, 1.165) is 12.8 Å². The van der Waals surface area contributed by atoms with Gasteiger partial charge in [0.25, 0.3) is 0 Å². The lowest BCUT2D eigenvalue weighted by Gasteiger charge is -2.39. The minimum absolute atomic E-state index is 0.0288. The van der Waals surface area contributed by atoms with Crippen LogP contribution in [-0.2, 0) is 16.0 Å². The van der Waals surface area contributed by atoms with Gasteiger partial charge in [0.05, 0.1) is 12.6 Å². The number of hydrogen-bond donors (Lipinski definition) is 0. The Hall–Kier alpha value is -2.14. The molecule has 0 saturated heterocycles. The van der Waals surface area contributed by atoms with E-state index in [-0.39, 0.29) is 24.4 Å². The highest BCUT2D eigenvalue weighted by molar-refractivity contribution is 7.10. The summed E-state index contributed by atoms with van der Waals surface area (Å²) < 4.78 is 0. The summed E-state index contributed by atoms with van der Waals surface area (Å²) in [6.45, 7) is 11.3. The van der Waals surface area contributed by atoms with Crippen LogP contribution >= 0.6 is 11.3 Å². The van der Waals surface area contributed by atoms with Crippen LogP contribution in [0.5, 0.6) is 0 Å². The molecule has 1 aliphatic heterocycles. The maximum Gasteiger partial charge on any atom is 0.242 e. The number of hydrogen-bond acceptors (Lipinski definition) is 3. The first-order chi connectivity index (χ1) is 13.7. The van der Waals surface area contributed by atoms with Gasteiger partial charge in [-0.1, -0.05) is 52.0 Å². The van der Waals surface area contributed by atoms with Crippen LogP contribution in [0.2, 0.25) is 0 Å². The van der Waals surface area contributed by atoms with E-state index in [1.807, 2.05) is 44.7 Å². The molecule has 0 unspecified atom stereocenters. The number of thiophene rings is 1. The Balaban J connectivity index is 1.92. The van der Waals surface area contributed by atoms with E-state index in [1.54, 1.807) is 16.2 Å². The highest BCUT2D eigenvalue weighted by Crippen LogP contribution is 2.39. The lowest BCUT2D eigenvalue weighted by Crippen LogP contribution is -2.49. The Morgan fingerprint density at radius 1 is 1.17 bits per heavy atom. The van der Waals surface area contributed by atoms with E-state index in [1.165, 1.54) is 21.6 Å². The van der Waals surface area contributed by atoms with Crippen LogP contribution in [0.25, 0.3) is 0 Å². The van der Waals surface area contributed by atoms with Crippen molar-refractivity contribution in [2.45, 2.75) is 53.5 Å². The minimum atomic E-state index is -0.493. The average molecular weight is 413 g/mol. The van der Waals surface area contributed by atoms with Crippen LogP contribution in [0.3, 0.4) is 0 Å². The summed E-state index contributed by atoms with van der Waals surface area (Å²) in [5.41, 5.74) is 3.09. The second-order valence-electron chi connectivity index (χ2n) is 8.87. The summed E-state index contributed by atoms with van der Waals surface area (Å²) in [4.78, 5) is 31.4. The van der Waals surface area contributed by atoms with Crippen LogP contribution in [0.1, 0.15) is 61.7 Å². The van der Waals surface area contributed by atoms with Gasteiger partial charge in [-0.25, -0.2) is 0 Å². The molecule has 4 nitrogen and oxygen atoms in total. The van der Waals surface area contributed by atoms with Crippen molar-refractivity contribution in [1.82, 2.24) is 9.80 Å². The van der Waals surface area contributed by atoms with Crippen LogP contribution in [0.15, 0.2) is 35.7 Å². The molecule has 29 heavy (non-hydrogen) atoms. The Labute approximate surface area is 178 Å². The zero-order valence-corrected chi connectivity index (χ0v) is 19.0. The monoisotopic (exact) mass is 412 g/mol. The topological polar surface area (TPSA) is 40.6 Å². The van der Waals surface area contributed by atoms with Crippen molar-refractivity contribution in [2.24, 2.45) is 5.41 Å². The Bertz CT molecular complexity index is 881. The molecule has 0 spiro atoms. The maximum absolute atomic E-state index is 13.5. The molecule has 1 atom stereocenters. The van der Waals surface area contributed by atoms with Crippen molar-refractivity contribution in [2.75, 3.05) is 19.6 Å². The summed E-state index contributed by atoms with van der Waals surface area (Å²) in [6.07, 6.45) is 1.72. The third-order valence-electron chi connectivity index (χ3n) is 5.52. The van der Waals surface area contributed by atoms with Crippen molar-refractivity contribution < 1.29 is 9.59 Å². The van der Waals surface area contributed by atoms with Gasteiger partial charge in [-0.2, -0.15) is 0 Å². The van der Waals surface area contributed by atoms with Crippen molar-refractivity contribution in [3.8, 4) is 0 Å². The van der Waals surface area contributed by atoms with E-state index in [2.05, 4.69) is 30.5 Å². The molecule has 0 fully saturated rings. The van der Waals surface area contributed by atoms with E-state index in [4.69, 9.17) is 0 Å². The normalized spacial score (nSPS) is 16.4. The molecule has 5 heteroatoms. The summed E-state index contributed by atoms with van der Waals surface area (Å²) in [5.74, 6) is 0.0644. The van der Waals surface area contributed by atoms with Crippen molar-refractivity contribution in [3.63, 3.8) is 0 Å². The molecular formula is C24H32N2O2S. The summed E-state index contributed by atoms with van der Waals surface area (Å²) >= 11 is 1.77. The Morgan fingerprint density at radius 3 is 2.55 bits per heavy atom. The van der Waals surface area contributed by atoms with Gasteiger partial charge >= 0.3 is 0 Å². The molecule has 2 aromatic rings. The number of fused-ring (bicyclic) bond motifs is 1. The van der Waals surface area contributed by atoms with Gasteiger partial charge in [0.2, 0.25) is 11.8 Å². The van der Waals surface area contributed by atoms with Crippen LogP contribution in [0, 0.1) is 12.3 Å². The van der Waals surface area contributed by atoms with Crippen LogP contribution in [-0.4, -0.2) is 41.2 Å². The van der Waals surface area contributed by atoms with Gasteiger partial charge in [0.1, 0.15) is 0 Å². The molecule has 0 bridgehead atoms. The zero-order chi connectivity index (χ0) is 21.2. The second kappa shape index (κ2) is 8.70. The molecule has 0 aliphatic carbocycles. The van der Waals surface area contributed by atoms with Crippen LogP contribution < -0.4 is 0 Å². The molecule has 156 valence electrons. The summed E-state index contributed by atoms with van der Waals surface area (Å²) in [6, 6.07) is 10.4. The van der Waals surface area contributed by atoms with Gasteiger partial charge in [0, 0.05) is 23.4 Å². The molecule has 1 aromatic carbocycles. The predicted octanol–water partition coefficient (Wildman–Crippen LogP) is 4.82. The number of nitrogens with zero attached hydrogens (tertiary/aromatic N) is 2. The third-order valence-corrected chi connectivity index (χ3v) is 6.51. The largest absolute Gasteiger partial charge is 0.333 e. The first kappa shape index (κ1) is 21.6. The quantitative estimate of drug-likeness (QED) is 0.707. The van der Waals surface area contributed by atoms with Crippen molar-refractivity contribution >= 4 is 23.2 Å². The Kier molecular flexibility index (Phi) is 6.47. The number of benzene rings is 1. The molecule has 0 saturated carbocycles. The van der Waals surface area contributed by atoms with Gasteiger partial charge < -0.3 is 9.80 Å². The lowest BCUT2D eigenvalue weighted by molar-refractivity contribution is -0.146. The fourth-order valence-corrected chi connectivity index (χ4v) is 4.97. The highest BCUT2D eigenvalue weighted by Gasteiger charge is 2.35. The second-order valence-corrected chi connectivity index (χ2v) is 9.87. The molecular weight excluding hydrogens is 380 g/mol. The number of aryl methyl sites for hydroxylation is 1. The van der Waals surface area contributed by atoms with E-state index in [0.29, 0.717) is 13.1 Å². The number of rotatable bonds is 5. The molecule has 3 rings (SSSR count). The van der Waals surface area contributed by atoms with Gasteiger partial charge in [-0.15, -0.1) is 11.3 Å². The molecule has 0 N–H and O–H groups in total. The Morgan fingerprint density at radius 2 is 1.90 bits per heavy atom. The first-order valence-corrected chi connectivity index (χ1v) is 11.3. The van der Waals surface area contributed by atoms with Crippen molar-refractivity contribution in [3.05, 3.63) is 57.3 Å². The smallest absolute Gasteiger partial charge is 0.242 e. The fourth-order valence-electron chi connectivity index (χ4n) is 4.06. The predicted molar refractivity (Wildman–Crippen MR) is 119 cm³/mol. The van der Waals surface area contributed by atoms with E-state index < -0.39 is 5.41 Å². The number of amides is 2.